The SMILES string of the molecule is CCc1ccc(S(=O)(=O)NCc2ccnc(N3CCCC3)n2)s1. The van der Waals surface area contributed by atoms with Crippen molar-refractivity contribution < 1.29 is 8.42 Å². The second-order valence-electron chi connectivity index (χ2n) is 5.44. The largest absolute Gasteiger partial charge is 0.341 e. The fourth-order valence-electron chi connectivity index (χ4n) is 2.49. The van der Waals surface area contributed by atoms with Crippen LogP contribution in [0.3, 0.4) is 0 Å². The van der Waals surface area contributed by atoms with Gasteiger partial charge in [0.2, 0.25) is 16.0 Å². The molecule has 2 aromatic heterocycles. The van der Waals surface area contributed by atoms with Gasteiger partial charge in [-0.05, 0) is 37.5 Å². The lowest BCUT2D eigenvalue weighted by molar-refractivity contribution is 0.582. The molecule has 8 heteroatoms. The summed E-state index contributed by atoms with van der Waals surface area (Å²) in [6.07, 6.45) is 4.83. The molecular weight excluding hydrogens is 332 g/mol. The van der Waals surface area contributed by atoms with Gasteiger partial charge in [0.25, 0.3) is 0 Å². The number of anilines is 1. The number of aryl methyl sites for hydroxylation is 1. The molecule has 1 saturated heterocycles. The maximum atomic E-state index is 12.3. The first-order valence-electron chi connectivity index (χ1n) is 7.74. The Labute approximate surface area is 140 Å². The first-order valence-corrected chi connectivity index (χ1v) is 10.0. The van der Waals surface area contributed by atoms with Crippen molar-refractivity contribution in [3.05, 3.63) is 35.0 Å². The summed E-state index contributed by atoms with van der Waals surface area (Å²) in [6.45, 7) is 4.11. The Morgan fingerprint density at radius 2 is 2.04 bits per heavy atom. The highest BCUT2D eigenvalue weighted by Crippen LogP contribution is 2.22. The highest BCUT2D eigenvalue weighted by molar-refractivity contribution is 7.91. The van der Waals surface area contributed by atoms with Crippen molar-refractivity contribution >= 4 is 27.3 Å². The number of nitrogens with one attached hydrogen (secondary N) is 1. The van der Waals surface area contributed by atoms with E-state index in [4.69, 9.17) is 0 Å². The molecule has 0 amide bonds. The molecule has 0 atom stereocenters. The Morgan fingerprint density at radius 1 is 1.26 bits per heavy atom. The van der Waals surface area contributed by atoms with Crippen molar-refractivity contribution in [2.24, 2.45) is 0 Å². The van der Waals surface area contributed by atoms with E-state index < -0.39 is 10.0 Å². The van der Waals surface area contributed by atoms with Crippen molar-refractivity contribution in [1.82, 2.24) is 14.7 Å². The van der Waals surface area contributed by atoms with Crippen LogP contribution in [0.15, 0.2) is 28.6 Å². The Morgan fingerprint density at radius 3 is 2.74 bits per heavy atom. The van der Waals surface area contributed by atoms with Gasteiger partial charge < -0.3 is 4.90 Å². The van der Waals surface area contributed by atoms with Gasteiger partial charge >= 0.3 is 0 Å². The zero-order valence-electron chi connectivity index (χ0n) is 13.0. The molecule has 0 spiro atoms. The zero-order chi connectivity index (χ0) is 16.3. The topological polar surface area (TPSA) is 75.2 Å². The van der Waals surface area contributed by atoms with Gasteiger partial charge in [-0.1, -0.05) is 6.92 Å². The van der Waals surface area contributed by atoms with Gasteiger partial charge in [-0.2, -0.15) is 0 Å². The normalized spacial score (nSPS) is 15.3. The van der Waals surface area contributed by atoms with Crippen LogP contribution in [-0.2, 0) is 23.0 Å². The van der Waals surface area contributed by atoms with Gasteiger partial charge in [-0.3, -0.25) is 0 Å². The summed E-state index contributed by atoms with van der Waals surface area (Å²) in [6, 6.07) is 5.25. The molecule has 0 aromatic carbocycles. The fraction of sp³-hybridized carbons (Fsp3) is 0.467. The predicted octanol–water partition coefficient (Wildman–Crippen LogP) is 2.18. The summed E-state index contributed by atoms with van der Waals surface area (Å²) in [5, 5.41) is 0. The van der Waals surface area contributed by atoms with Gasteiger partial charge in [-0.25, -0.2) is 23.1 Å². The van der Waals surface area contributed by atoms with Gasteiger partial charge in [0.05, 0.1) is 12.2 Å². The van der Waals surface area contributed by atoms with Crippen LogP contribution >= 0.6 is 11.3 Å². The van der Waals surface area contributed by atoms with Gasteiger partial charge in [0, 0.05) is 24.2 Å². The molecule has 0 bridgehead atoms. The molecule has 124 valence electrons. The minimum Gasteiger partial charge on any atom is -0.341 e. The molecule has 23 heavy (non-hydrogen) atoms. The first kappa shape index (κ1) is 16.4. The monoisotopic (exact) mass is 352 g/mol. The summed E-state index contributed by atoms with van der Waals surface area (Å²) in [4.78, 5) is 11.9. The Balaban J connectivity index is 1.68. The summed E-state index contributed by atoms with van der Waals surface area (Å²) in [7, 11) is -3.49. The molecule has 1 fully saturated rings. The molecule has 0 radical (unpaired) electrons. The van der Waals surface area contributed by atoms with E-state index in [1.165, 1.54) is 11.3 Å². The number of rotatable bonds is 6. The highest BCUT2D eigenvalue weighted by atomic mass is 32.2. The molecule has 0 aliphatic carbocycles. The van der Waals surface area contributed by atoms with E-state index in [1.807, 2.05) is 13.0 Å². The number of thiophene rings is 1. The molecule has 1 aliphatic heterocycles. The first-order chi connectivity index (χ1) is 11.1. The fourth-order valence-corrected chi connectivity index (χ4v) is 4.82. The summed E-state index contributed by atoms with van der Waals surface area (Å²) in [5.41, 5.74) is 0.678. The smallest absolute Gasteiger partial charge is 0.250 e. The van der Waals surface area contributed by atoms with Crippen LogP contribution in [0.25, 0.3) is 0 Å². The minimum absolute atomic E-state index is 0.172. The van der Waals surface area contributed by atoms with Crippen LogP contribution in [0.4, 0.5) is 5.95 Å². The summed E-state index contributed by atoms with van der Waals surface area (Å²) in [5.74, 6) is 0.684. The lowest BCUT2D eigenvalue weighted by Gasteiger charge is -2.15. The standard InChI is InChI=1S/C15H20N4O2S2/c1-2-13-5-6-14(22-13)23(20,21)17-11-12-7-8-16-15(18-12)19-9-3-4-10-19/h5-8,17H,2-4,9-11H2,1H3. The molecule has 2 aromatic rings. The van der Waals surface area contributed by atoms with Crippen LogP contribution in [0.1, 0.15) is 30.3 Å². The lowest BCUT2D eigenvalue weighted by Crippen LogP contribution is -2.24. The van der Waals surface area contributed by atoms with E-state index in [1.54, 1.807) is 18.3 Å². The number of nitrogens with zero attached hydrogens (tertiary/aromatic N) is 3. The molecule has 3 rings (SSSR count). The second-order valence-corrected chi connectivity index (χ2v) is 8.60. The van der Waals surface area contributed by atoms with Crippen molar-refractivity contribution in [3.63, 3.8) is 0 Å². The summed E-state index contributed by atoms with van der Waals surface area (Å²) >= 11 is 1.31. The van der Waals surface area contributed by atoms with Crippen LogP contribution in [0.2, 0.25) is 0 Å². The van der Waals surface area contributed by atoms with Gasteiger partial charge in [0.15, 0.2) is 0 Å². The molecule has 0 saturated carbocycles. The highest BCUT2D eigenvalue weighted by Gasteiger charge is 2.18. The van der Waals surface area contributed by atoms with Crippen LogP contribution < -0.4 is 9.62 Å². The zero-order valence-corrected chi connectivity index (χ0v) is 14.7. The van der Waals surface area contributed by atoms with E-state index in [9.17, 15) is 8.42 Å². The van der Waals surface area contributed by atoms with E-state index in [0.29, 0.717) is 15.9 Å². The van der Waals surface area contributed by atoms with Crippen molar-refractivity contribution in [3.8, 4) is 0 Å². The molecule has 0 unspecified atom stereocenters. The average molecular weight is 352 g/mol. The third-order valence-corrected chi connectivity index (χ3v) is 6.91. The number of sulfonamides is 1. The third kappa shape index (κ3) is 3.88. The van der Waals surface area contributed by atoms with Crippen LogP contribution in [-0.4, -0.2) is 31.5 Å². The van der Waals surface area contributed by atoms with Crippen molar-refractivity contribution in [1.29, 1.82) is 0 Å². The van der Waals surface area contributed by atoms with Crippen LogP contribution in [0.5, 0.6) is 0 Å². The molecule has 3 heterocycles. The number of aromatic nitrogens is 2. The number of hydrogen-bond donors (Lipinski definition) is 1. The van der Waals surface area contributed by atoms with E-state index in [-0.39, 0.29) is 6.54 Å². The summed E-state index contributed by atoms with van der Waals surface area (Å²) < 4.78 is 27.6. The minimum atomic E-state index is -3.49. The van der Waals surface area contributed by atoms with E-state index >= 15 is 0 Å². The van der Waals surface area contributed by atoms with Gasteiger partial charge in [0.1, 0.15) is 4.21 Å². The van der Waals surface area contributed by atoms with Crippen LogP contribution in [0, 0.1) is 0 Å². The second kappa shape index (κ2) is 6.94. The Kier molecular flexibility index (Phi) is 4.93. The Hall–Kier alpha value is -1.51. The van der Waals surface area contributed by atoms with Crippen molar-refractivity contribution in [2.75, 3.05) is 18.0 Å². The Bertz CT molecular complexity index is 767. The number of hydrogen-bond acceptors (Lipinski definition) is 6. The molecule has 6 nitrogen and oxygen atoms in total. The average Bonchev–Trinajstić information content (AvgIpc) is 3.24. The maximum absolute atomic E-state index is 12.3. The van der Waals surface area contributed by atoms with E-state index in [0.717, 1.165) is 37.2 Å². The maximum Gasteiger partial charge on any atom is 0.250 e. The predicted molar refractivity (Wildman–Crippen MR) is 91.2 cm³/mol. The lowest BCUT2D eigenvalue weighted by atomic mass is 10.4. The third-order valence-electron chi connectivity index (χ3n) is 3.78. The van der Waals surface area contributed by atoms with Crippen molar-refractivity contribution in [2.45, 2.75) is 36.9 Å². The van der Waals surface area contributed by atoms with E-state index in [2.05, 4.69) is 19.6 Å². The quantitative estimate of drug-likeness (QED) is 0.862. The molecule has 1 aliphatic rings. The molecular formula is C15H20N4O2S2. The molecule has 1 N–H and O–H groups in total. The van der Waals surface area contributed by atoms with Gasteiger partial charge in [-0.15, -0.1) is 11.3 Å².